The average molecular weight is 339 g/mol. The first kappa shape index (κ1) is 15.3. The van der Waals surface area contributed by atoms with Gasteiger partial charge in [0.25, 0.3) is 0 Å². The van der Waals surface area contributed by atoms with Crippen LogP contribution in [0.3, 0.4) is 0 Å². The minimum Gasteiger partial charge on any atom is -0.442 e. The molecule has 7 heteroatoms. The lowest BCUT2D eigenvalue weighted by atomic mass is 10.2. The van der Waals surface area contributed by atoms with E-state index in [2.05, 4.69) is 15.3 Å². The molecule has 1 atom stereocenters. The largest absolute Gasteiger partial charge is 0.442 e. The third kappa shape index (κ3) is 2.97. The first-order valence-corrected chi connectivity index (χ1v) is 7.62. The smallest absolute Gasteiger partial charge is 0.244 e. The standard InChI is InChI=1S/C18H14FN3O3/c1-10-9-20-18(24-10)16(23)21-12-7-5-11(6-8-12)17-22-15-13(19)3-2-4-14(15)25-17/h2-9,16,21,23H,1H3. The second-order valence-electron chi connectivity index (χ2n) is 5.54. The van der Waals surface area contributed by atoms with Gasteiger partial charge in [-0.05, 0) is 43.3 Å². The number of hydrogen-bond acceptors (Lipinski definition) is 6. The Bertz CT molecular complexity index is 1020. The van der Waals surface area contributed by atoms with Gasteiger partial charge in [0.1, 0.15) is 11.3 Å². The number of anilines is 1. The Morgan fingerprint density at radius 1 is 1.12 bits per heavy atom. The maximum atomic E-state index is 13.7. The van der Waals surface area contributed by atoms with Gasteiger partial charge in [0, 0.05) is 11.3 Å². The van der Waals surface area contributed by atoms with Crippen LogP contribution in [0.5, 0.6) is 0 Å². The number of nitrogens with one attached hydrogen (secondary N) is 1. The molecule has 0 spiro atoms. The molecule has 2 heterocycles. The Balaban J connectivity index is 1.55. The van der Waals surface area contributed by atoms with Crippen molar-refractivity contribution in [3.8, 4) is 11.5 Å². The van der Waals surface area contributed by atoms with Crippen LogP contribution in [-0.2, 0) is 0 Å². The third-order valence-electron chi connectivity index (χ3n) is 3.68. The predicted octanol–water partition coefficient (Wildman–Crippen LogP) is 4.03. The summed E-state index contributed by atoms with van der Waals surface area (Å²) in [4.78, 5) is 8.16. The van der Waals surface area contributed by atoms with E-state index in [1.54, 1.807) is 43.3 Å². The highest BCUT2D eigenvalue weighted by atomic mass is 19.1. The molecule has 6 nitrogen and oxygen atoms in total. The Morgan fingerprint density at radius 3 is 2.60 bits per heavy atom. The zero-order valence-corrected chi connectivity index (χ0v) is 13.2. The van der Waals surface area contributed by atoms with Gasteiger partial charge in [-0.1, -0.05) is 6.07 Å². The number of benzene rings is 2. The third-order valence-corrected chi connectivity index (χ3v) is 3.68. The first-order valence-electron chi connectivity index (χ1n) is 7.62. The van der Waals surface area contributed by atoms with E-state index < -0.39 is 12.0 Å². The molecule has 2 aromatic carbocycles. The number of rotatable bonds is 4. The molecule has 0 bridgehead atoms. The lowest BCUT2D eigenvalue weighted by Gasteiger charge is -2.10. The molecule has 0 saturated heterocycles. The van der Waals surface area contributed by atoms with Crippen molar-refractivity contribution in [3.05, 3.63) is 66.1 Å². The first-order chi connectivity index (χ1) is 12.1. The maximum absolute atomic E-state index is 13.7. The topological polar surface area (TPSA) is 84.3 Å². The molecular formula is C18H14FN3O3. The van der Waals surface area contributed by atoms with Crippen molar-refractivity contribution >= 4 is 16.8 Å². The Labute approximate surface area is 141 Å². The molecule has 25 heavy (non-hydrogen) atoms. The summed E-state index contributed by atoms with van der Waals surface area (Å²) in [5.74, 6) is 0.719. The van der Waals surface area contributed by atoms with Crippen LogP contribution in [0.25, 0.3) is 22.6 Å². The van der Waals surface area contributed by atoms with Gasteiger partial charge in [-0.3, -0.25) is 0 Å². The summed E-state index contributed by atoms with van der Waals surface area (Å²) in [6, 6.07) is 11.6. The monoisotopic (exact) mass is 339 g/mol. The number of aryl methyl sites for hydroxylation is 1. The summed E-state index contributed by atoms with van der Waals surface area (Å²) >= 11 is 0. The molecule has 0 aliphatic heterocycles. The van der Waals surface area contributed by atoms with Crippen molar-refractivity contribution in [2.75, 3.05) is 5.32 Å². The van der Waals surface area contributed by atoms with Crippen LogP contribution >= 0.6 is 0 Å². The minimum atomic E-state index is -1.06. The van der Waals surface area contributed by atoms with Gasteiger partial charge in [-0.15, -0.1) is 0 Å². The number of fused-ring (bicyclic) bond motifs is 1. The van der Waals surface area contributed by atoms with Gasteiger partial charge in [0.05, 0.1) is 6.20 Å². The fraction of sp³-hybridized carbons (Fsp3) is 0.111. The number of aromatic nitrogens is 2. The van der Waals surface area contributed by atoms with Crippen LogP contribution in [0.2, 0.25) is 0 Å². The molecule has 2 aromatic heterocycles. The van der Waals surface area contributed by atoms with Crippen LogP contribution in [0.15, 0.2) is 57.5 Å². The minimum absolute atomic E-state index is 0.191. The number of oxazole rings is 2. The normalized spacial score (nSPS) is 12.4. The zero-order valence-electron chi connectivity index (χ0n) is 13.2. The van der Waals surface area contributed by atoms with Gasteiger partial charge in [-0.25, -0.2) is 14.4 Å². The van der Waals surface area contributed by atoms with E-state index >= 15 is 0 Å². The summed E-state index contributed by atoms with van der Waals surface area (Å²) < 4.78 is 24.6. The lowest BCUT2D eigenvalue weighted by Crippen LogP contribution is -2.09. The molecule has 4 rings (SSSR count). The summed E-state index contributed by atoms with van der Waals surface area (Å²) in [7, 11) is 0. The van der Waals surface area contributed by atoms with E-state index in [-0.39, 0.29) is 11.4 Å². The van der Waals surface area contributed by atoms with E-state index in [4.69, 9.17) is 8.83 Å². The molecule has 2 N–H and O–H groups in total. The molecule has 0 saturated carbocycles. The van der Waals surface area contributed by atoms with E-state index in [9.17, 15) is 9.50 Å². The molecule has 1 unspecified atom stereocenters. The second-order valence-corrected chi connectivity index (χ2v) is 5.54. The number of halogens is 1. The highest BCUT2D eigenvalue weighted by Crippen LogP contribution is 2.27. The quantitative estimate of drug-likeness (QED) is 0.546. The number of hydrogen-bond donors (Lipinski definition) is 2. The Kier molecular flexibility index (Phi) is 3.70. The van der Waals surface area contributed by atoms with Gasteiger partial charge < -0.3 is 19.3 Å². The van der Waals surface area contributed by atoms with Crippen LogP contribution in [0.1, 0.15) is 17.9 Å². The fourth-order valence-corrected chi connectivity index (χ4v) is 2.47. The van der Waals surface area contributed by atoms with Crippen molar-refractivity contribution in [1.82, 2.24) is 9.97 Å². The van der Waals surface area contributed by atoms with E-state index in [1.165, 1.54) is 12.3 Å². The van der Waals surface area contributed by atoms with Crippen LogP contribution < -0.4 is 5.32 Å². The second kappa shape index (κ2) is 6.03. The van der Waals surface area contributed by atoms with Crippen LogP contribution in [-0.4, -0.2) is 15.1 Å². The molecule has 0 amide bonds. The van der Waals surface area contributed by atoms with E-state index in [0.717, 1.165) is 0 Å². The summed E-state index contributed by atoms with van der Waals surface area (Å²) in [6.07, 6.45) is 0.480. The summed E-state index contributed by atoms with van der Waals surface area (Å²) in [5.41, 5.74) is 1.96. The fourth-order valence-electron chi connectivity index (χ4n) is 2.47. The Hall–Kier alpha value is -3.19. The molecule has 0 fully saturated rings. The number of aliphatic hydroxyl groups excluding tert-OH is 1. The summed E-state index contributed by atoms with van der Waals surface area (Å²) in [5, 5.41) is 12.9. The van der Waals surface area contributed by atoms with Crippen LogP contribution in [0.4, 0.5) is 10.1 Å². The number of aliphatic hydroxyl groups is 1. The highest BCUT2D eigenvalue weighted by Gasteiger charge is 2.14. The average Bonchev–Trinajstić information content (AvgIpc) is 3.23. The molecule has 4 aromatic rings. The van der Waals surface area contributed by atoms with Crippen molar-refractivity contribution in [1.29, 1.82) is 0 Å². The predicted molar refractivity (Wildman–Crippen MR) is 89.2 cm³/mol. The molecule has 126 valence electrons. The SMILES string of the molecule is Cc1cnc(C(O)Nc2ccc(-c3nc4c(F)cccc4o3)cc2)o1. The molecule has 0 aliphatic carbocycles. The lowest BCUT2D eigenvalue weighted by molar-refractivity contribution is 0.170. The van der Waals surface area contributed by atoms with Gasteiger partial charge in [0.15, 0.2) is 11.4 Å². The van der Waals surface area contributed by atoms with Gasteiger partial charge >= 0.3 is 0 Å². The van der Waals surface area contributed by atoms with Crippen molar-refractivity contribution in [2.45, 2.75) is 13.2 Å². The van der Waals surface area contributed by atoms with Gasteiger partial charge in [0.2, 0.25) is 18.0 Å². The van der Waals surface area contributed by atoms with Crippen LogP contribution in [0, 0.1) is 12.7 Å². The highest BCUT2D eigenvalue weighted by molar-refractivity contribution is 5.76. The van der Waals surface area contributed by atoms with Crippen molar-refractivity contribution in [2.24, 2.45) is 0 Å². The van der Waals surface area contributed by atoms with Gasteiger partial charge in [-0.2, -0.15) is 0 Å². The Morgan fingerprint density at radius 2 is 1.92 bits per heavy atom. The molecular weight excluding hydrogens is 325 g/mol. The van der Waals surface area contributed by atoms with E-state index in [1.807, 2.05) is 0 Å². The summed E-state index contributed by atoms with van der Waals surface area (Å²) in [6.45, 7) is 1.75. The zero-order chi connectivity index (χ0) is 17.4. The van der Waals surface area contributed by atoms with Crippen molar-refractivity contribution < 1.29 is 18.3 Å². The maximum Gasteiger partial charge on any atom is 0.244 e. The number of nitrogens with zero attached hydrogens (tertiary/aromatic N) is 2. The molecule has 0 radical (unpaired) electrons. The molecule has 0 aliphatic rings. The number of para-hydroxylation sites is 1. The van der Waals surface area contributed by atoms with E-state index in [0.29, 0.717) is 28.5 Å². The van der Waals surface area contributed by atoms with Crippen molar-refractivity contribution in [3.63, 3.8) is 0 Å².